The van der Waals surface area contributed by atoms with Crippen molar-refractivity contribution < 1.29 is 18.0 Å². The molecule has 1 N–H and O–H groups in total. The van der Waals surface area contributed by atoms with Crippen molar-refractivity contribution in [1.82, 2.24) is 15.0 Å². The Morgan fingerprint density at radius 2 is 2.00 bits per heavy atom. The minimum Gasteiger partial charge on any atom is -0.351 e. The molecular formula is C22H25F3N6O. The fourth-order valence-corrected chi connectivity index (χ4v) is 4.81. The number of anilines is 3. The van der Waals surface area contributed by atoms with Gasteiger partial charge in [-0.25, -0.2) is 4.98 Å². The highest BCUT2D eigenvalue weighted by atomic mass is 19.4. The Kier molecular flexibility index (Phi) is 4.98. The van der Waals surface area contributed by atoms with Crippen molar-refractivity contribution in [2.75, 3.05) is 28.7 Å². The van der Waals surface area contributed by atoms with Crippen LogP contribution in [0.5, 0.6) is 0 Å². The second-order valence-corrected chi connectivity index (χ2v) is 8.98. The smallest absolute Gasteiger partial charge is 0.351 e. The Hall–Kier alpha value is -2.91. The van der Waals surface area contributed by atoms with Crippen molar-refractivity contribution in [3.8, 4) is 0 Å². The quantitative estimate of drug-likeness (QED) is 0.776. The predicted octanol–water partition coefficient (Wildman–Crippen LogP) is 3.44. The minimum absolute atomic E-state index is 0.0878. The fourth-order valence-electron chi connectivity index (χ4n) is 4.81. The van der Waals surface area contributed by atoms with E-state index >= 15 is 0 Å². The summed E-state index contributed by atoms with van der Waals surface area (Å²) in [7, 11) is 1.89. The molecule has 0 saturated heterocycles. The second-order valence-electron chi connectivity index (χ2n) is 8.98. The van der Waals surface area contributed by atoms with Gasteiger partial charge in [-0.3, -0.25) is 9.78 Å². The number of carbonyl (C=O) groups is 1. The Bertz CT molecular complexity index is 1040. The van der Waals surface area contributed by atoms with E-state index < -0.39 is 11.9 Å². The zero-order valence-corrected chi connectivity index (χ0v) is 18.0. The van der Waals surface area contributed by atoms with Gasteiger partial charge in [-0.2, -0.15) is 18.2 Å². The number of alkyl halides is 3. The van der Waals surface area contributed by atoms with Gasteiger partial charge in [0.25, 0.3) is 0 Å². The Morgan fingerprint density at radius 3 is 2.69 bits per heavy atom. The normalized spacial score (nSPS) is 24.8. The van der Waals surface area contributed by atoms with Crippen molar-refractivity contribution in [3.63, 3.8) is 0 Å². The van der Waals surface area contributed by atoms with Gasteiger partial charge < -0.3 is 15.1 Å². The lowest BCUT2D eigenvalue weighted by atomic mass is 9.77. The van der Waals surface area contributed by atoms with Crippen LogP contribution in [0.1, 0.15) is 43.1 Å². The first-order chi connectivity index (χ1) is 15.2. The summed E-state index contributed by atoms with van der Waals surface area (Å²) in [6.07, 6.45) is 1.12. The SMILES string of the molecule is C[C@H]1C(=O)N2CCCc3nc(NC4CC(Cc5ccc(C(F)(F)F)nc5)C4)nc(c32)N1C. The summed E-state index contributed by atoms with van der Waals surface area (Å²) in [6, 6.07) is 2.52. The third-order valence-corrected chi connectivity index (χ3v) is 6.75. The van der Waals surface area contributed by atoms with E-state index in [0.717, 1.165) is 54.5 Å². The molecule has 0 spiro atoms. The molecule has 1 amide bonds. The maximum Gasteiger partial charge on any atom is 0.433 e. The molecule has 0 radical (unpaired) electrons. The van der Waals surface area contributed by atoms with Crippen molar-refractivity contribution in [3.05, 3.63) is 35.3 Å². The van der Waals surface area contributed by atoms with Crippen LogP contribution in [0.4, 0.5) is 30.6 Å². The van der Waals surface area contributed by atoms with Crippen LogP contribution in [0.15, 0.2) is 18.3 Å². The first-order valence-corrected chi connectivity index (χ1v) is 10.9. The van der Waals surface area contributed by atoms with E-state index in [9.17, 15) is 18.0 Å². The van der Waals surface area contributed by atoms with Gasteiger partial charge in [-0.1, -0.05) is 6.07 Å². The molecule has 4 heterocycles. The molecule has 5 rings (SSSR count). The van der Waals surface area contributed by atoms with Crippen LogP contribution in [0.25, 0.3) is 0 Å². The van der Waals surface area contributed by atoms with Crippen LogP contribution in [0, 0.1) is 5.92 Å². The minimum atomic E-state index is -4.41. The molecule has 2 aromatic heterocycles. The van der Waals surface area contributed by atoms with Crippen LogP contribution in [-0.4, -0.2) is 46.5 Å². The summed E-state index contributed by atoms with van der Waals surface area (Å²) in [5, 5.41) is 3.42. The van der Waals surface area contributed by atoms with Crippen LogP contribution in [0.2, 0.25) is 0 Å². The average Bonchev–Trinajstić information content (AvgIpc) is 2.74. The number of likely N-dealkylation sites (N-methyl/N-ethyl adjacent to an activating group) is 1. The molecule has 1 fully saturated rings. The molecule has 7 nitrogen and oxygen atoms in total. The Labute approximate surface area is 184 Å². The van der Waals surface area contributed by atoms with Crippen molar-refractivity contribution in [1.29, 1.82) is 0 Å². The monoisotopic (exact) mass is 446 g/mol. The van der Waals surface area contributed by atoms with Crippen molar-refractivity contribution in [2.24, 2.45) is 5.92 Å². The third-order valence-electron chi connectivity index (χ3n) is 6.75. The maximum atomic E-state index is 12.7. The number of amides is 1. The number of nitrogens with zero attached hydrogens (tertiary/aromatic N) is 5. The topological polar surface area (TPSA) is 74.2 Å². The molecule has 0 bridgehead atoms. The van der Waals surface area contributed by atoms with E-state index in [0.29, 0.717) is 24.8 Å². The summed E-state index contributed by atoms with van der Waals surface area (Å²) in [5.74, 6) is 1.84. The van der Waals surface area contributed by atoms with Gasteiger partial charge in [-0.05, 0) is 56.6 Å². The highest BCUT2D eigenvalue weighted by Gasteiger charge is 2.39. The summed E-state index contributed by atoms with van der Waals surface area (Å²) in [5.41, 5.74) is 1.70. The summed E-state index contributed by atoms with van der Waals surface area (Å²) < 4.78 is 38.0. The zero-order valence-electron chi connectivity index (χ0n) is 18.0. The standard InChI is InChI=1S/C22H25F3N6O/c1-12-20(32)31-7-3-4-16-18(31)19(30(12)2)29-21(28-16)27-15-9-14(10-15)8-13-5-6-17(26-11-13)22(23,24)25/h5-6,11-12,14-15H,3-4,7-10H2,1-2H3,(H,27,28,29)/t12-,14?,15?/m0/s1. The van der Waals surface area contributed by atoms with Gasteiger partial charge >= 0.3 is 6.18 Å². The number of nitrogens with one attached hydrogen (secondary N) is 1. The van der Waals surface area contributed by atoms with Crippen LogP contribution in [-0.2, 0) is 23.8 Å². The van der Waals surface area contributed by atoms with Crippen LogP contribution < -0.4 is 15.1 Å². The summed E-state index contributed by atoms with van der Waals surface area (Å²) in [6.45, 7) is 2.59. The largest absolute Gasteiger partial charge is 0.433 e. The van der Waals surface area contributed by atoms with Gasteiger partial charge in [0, 0.05) is 25.8 Å². The molecule has 1 aliphatic carbocycles. The first-order valence-electron chi connectivity index (χ1n) is 10.9. The molecular weight excluding hydrogens is 421 g/mol. The highest BCUT2D eigenvalue weighted by molar-refractivity contribution is 6.05. The molecule has 1 atom stereocenters. The Balaban J connectivity index is 1.24. The molecule has 1 saturated carbocycles. The lowest BCUT2D eigenvalue weighted by Crippen LogP contribution is -2.53. The van der Waals surface area contributed by atoms with Gasteiger partial charge in [0.05, 0.1) is 5.69 Å². The number of pyridine rings is 1. The number of halogens is 3. The van der Waals surface area contributed by atoms with E-state index in [-0.39, 0.29) is 18.0 Å². The fraction of sp³-hybridized carbons (Fsp3) is 0.545. The lowest BCUT2D eigenvalue weighted by molar-refractivity contribution is -0.141. The number of aryl methyl sites for hydroxylation is 1. The number of hydrogen-bond donors (Lipinski definition) is 1. The van der Waals surface area contributed by atoms with Crippen LogP contribution >= 0.6 is 0 Å². The van der Waals surface area contributed by atoms with Gasteiger partial charge in [0.1, 0.15) is 17.4 Å². The molecule has 2 aliphatic heterocycles. The number of carbonyl (C=O) groups excluding carboxylic acids is 1. The van der Waals surface area contributed by atoms with E-state index in [4.69, 9.17) is 9.97 Å². The van der Waals surface area contributed by atoms with Gasteiger partial charge in [0.2, 0.25) is 11.9 Å². The predicted molar refractivity (Wildman–Crippen MR) is 114 cm³/mol. The van der Waals surface area contributed by atoms with E-state index in [1.54, 1.807) is 0 Å². The lowest BCUT2D eigenvalue weighted by Gasteiger charge is -2.42. The van der Waals surface area contributed by atoms with Gasteiger partial charge in [0.15, 0.2) is 5.82 Å². The second kappa shape index (κ2) is 7.60. The molecule has 3 aliphatic rings. The van der Waals surface area contributed by atoms with E-state index in [1.165, 1.54) is 12.3 Å². The van der Waals surface area contributed by atoms with E-state index in [1.807, 2.05) is 23.8 Å². The maximum absolute atomic E-state index is 12.7. The average molecular weight is 446 g/mol. The zero-order chi connectivity index (χ0) is 22.6. The summed E-state index contributed by atoms with van der Waals surface area (Å²) >= 11 is 0. The molecule has 10 heteroatoms. The van der Waals surface area contributed by atoms with Crippen LogP contribution in [0.3, 0.4) is 0 Å². The first kappa shape index (κ1) is 21.0. The number of aromatic nitrogens is 3. The number of rotatable bonds is 4. The van der Waals surface area contributed by atoms with Crippen molar-refractivity contribution in [2.45, 2.75) is 57.3 Å². The van der Waals surface area contributed by atoms with E-state index in [2.05, 4.69) is 10.3 Å². The third kappa shape index (κ3) is 3.65. The molecule has 0 aromatic carbocycles. The van der Waals surface area contributed by atoms with Gasteiger partial charge in [-0.15, -0.1) is 0 Å². The highest BCUT2D eigenvalue weighted by Crippen LogP contribution is 2.40. The molecule has 170 valence electrons. The molecule has 2 aromatic rings. The number of hydrogen-bond acceptors (Lipinski definition) is 6. The summed E-state index contributed by atoms with van der Waals surface area (Å²) in [4.78, 5) is 29.4. The molecule has 0 unspecified atom stereocenters. The molecule has 32 heavy (non-hydrogen) atoms. The van der Waals surface area contributed by atoms with Crippen molar-refractivity contribution >= 4 is 23.4 Å². The Morgan fingerprint density at radius 1 is 1.22 bits per heavy atom.